The number of nitrogens with one attached hydrogen (secondary N) is 2. The summed E-state index contributed by atoms with van der Waals surface area (Å²) in [6.45, 7) is 0. The molecule has 116 valence electrons. The molecule has 1 aromatic heterocycles. The third-order valence-corrected chi connectivity index (χ3v) is 5.42. The summed E-state index contributed by atoms with van der Waals surface area (Å²) >= 11 is 5.10. The van der Waals surface area contributed by atoms with Crippen molar-refractivity contribution < 1.29 is 14.7 Å². The van der Waals surface area contributed by atoms with Crippen molar-refractivity contribution in [2.24, 2.45) is 0 Å². The van der Waals surface area contributed by atoms with Crippen LogP contribution in [0, 0.1) is 0 Å². The quantitative estimate of drug-likeness (QED) is 0.761. The monoisotopic (exact) mass is 382 g/mol. The number of aliphatic carboxylic acids is 1. The highest BCUT2D eigenvalue weighted by Crippen LogP contribution is 2.28. The van der Waals surface area contributed by atoms with Gasteiger partial charge in [-0.25, -0.2) is 4.79 Å². The molecule has 2 aromatic rings. The van der Waals surface area contributed by atoms with Crippen molar-refractivity contribution in [2.75, 3.05) is 11.5 Å². The molecule has 0 spiro atoms. The van der Waals surface area contributed by atoms with E-state index in [9.17, 15) is 14.7 Å². The second-order valence-electron chi connectivity index (χ2n) is 5.37. The van der Waals surface area contributed by atoms with E-state index in [0.717, 1.165) is 26.9 Å². The molecule has 0 radical (unpaired) electrons. The highest BCUT2D eigenvalue weighted by atomic mass is 79.9. The number of carboxylic acids is 1. The molecule has 3 N–H and O–H groups in total. The van der Waals surface area contributed by atoms with Crippen LogP contribution in [0.1, 0.15) is 23.3 Å². The summed E-state index contributed by atoms with van der Waals surface area (Å²) in [7, 11) is 0. The van der Waals surface area contributed by atoms with Gasteiger partial charge >= 0.3 is 5.97 Å². The van der Waals surface area contributed by atoms with Crippen LogP contribution in [0.2, 0.25) is 0 Å². The van der Waals surface area contributed by atoms with Crippen LogP contribution >= 0.6 is 27.7 Å². The van der Waals surface area contributed by atoms with Gasteiger partial charge in [0.1, 0.15) is 11.2 Å². The molecule has 22 heavy (non-hydrogen) atoms. The van der Waals surface area contributed by atoms with Crippen molar-refractivity contribution in [3.8, 4) is 0 Å². The van der Waals surface area contributed by atoms with Crippen LogP contribution in [-0.4, -0.2) is 39.0 Å². The zero-order chi connectivity index (χ0) is 15.7. The minimum absolute atomic E-state index is 0.373. The van der Waals surface area contributed by atoms with Crippen molar-refractivity contribution >= 4 is 50.5 Å². The number of hydrogen-bond donors (Lipinski definition) is 3. The molecule has 1 amide bonds. The van der Waals surface area contributed by atoms with Gasteiger partial charge in [0.25, 0.3) is 5.91 Å². The van der Waals surface area contributed by atoms with E-state index in [-0.39, 0.29) is 5.91 Å². The van der Waals surface area contributed by atoms with Crippen molar-refractivity contribution in [3.05, 3.63) is 34.4 Å². The smallest absolute Gasteiger partial charge is 0.329 e. The normalized spacial score (nSPS) is 17.3. The summed E-state index contributed by atoms with van der Waals surface area (Å²) in [5, 5.41) is 13.2. The van der Waals surface area contributed by atoms with Gasteiger partial charge in [0.05, 0.1) is 0 Å². The zero-order valence-electron chi connectivity index (χ0n) is 11.7. The number of carbonyl (C=O) groups excluding carboxylic acids is 1. The molecule has 0 unspecified atom stereocenters. The van der Waals surface area contributed by atoms with E-state index in [1.165, 1.54) is 0 Å². The van der Waals surface area contributed by atoms with Gasteiger partial charge in [-0.05, 0) is 42.5 Å². The molecule has 0 saturated carbocycles. The number of rotatable bonds is 3. The predicted molar refractivity (Wildman–Crippen MR) is 90.4 cm³/mol. The maximum Gasteiger partial charge on any atom is 0.329 e. The number of aromatic amines is 1. The Morgan fingerprint density at radius 1 is 1.27 bits per heavy atom. The lowest BCUT2D eigenvalue weighted by Gasteiger charge is -2.33. The first-order valence-electron chi connectivity index (χ1n) is 6.92. The Kier molecular flexibility index (Phi) is 4.18. The molecule has 0 atom stereocenters. The van der Waals surface area contributed by atoms with Gasteiger partial charge in [0.2, 0.25) is 0 Å². The maximum absolute atomic E-state index is 12.5. The number of carboxylic acid groups (broad SMARTS) is 1. The summed E-state index contributed by atoms with van der Waals surface area (Å²) in [5.74, 6) is 0.153. The third kappa shape index (κ3) is 2.87. The van der Waals surface area contributed by atoms with Gasteiger partial charge in [0, 0.05) is 15.4 Å². The van der Waals surface area contributed by atoms with Crippen LogP contribution in [0.5, 0.6) is 0 Å². The number of H-pyrrole nitrogens is 1. The summed E-state index contributed by atoms with van der Waals surface area (Å²) < 4.78 is 0.917. The number of hydrogen-bond acceptors (Lipinski definition) is 3. The van der Waals surface area contributed by atoms with E-state index in [4.69, 9.17) is 0 Å². The molecule has 0 aliphatic carbocycles. The van der Waals surface area contributed by atoms with E-state index in [1.54, 1.807) is 17.8 Å². The van der Waals surface area contributed by atoms with Crippen LogP contribution in [0.4, 0.5) is 0 Å². The second kappa shape index (κ2) is 5.96. The lowest BCUT2D eigenvalue weighted by Crippen LogP contribution is -2.56. The van der Waals surface area contributed by atoms with Crippen LogP contribution in [0.3, 0.4) is 0 Å². The minimum Gasteiger partial charge on any atom is -0.480 e. The van der Waals surface area contributed by atoms with E-state index in [1.807, 2.05) is 18.2 Å². The van der Waals surface area contributed by atoms with Crippen LogP contribution in [0.15, 0.2) is 28.7 Å². The molecule has 1 aliphatic heterocycles. The molecule has 5 nitrogen and oxygen atoms in total. The Balaban J connectivity index is 1.86. The van der Waals surface area contributed by atoms with Crippen molar-refractivity contribution in [1.82, 2.24) is 10.3 Å². The lowest BCUT2D eigenvalue weighted by atomic mass is 9.92. The first-order chi connectivity index (χ1) is 10.5. The minimum atomic E-state index is -1.15. The molecule has 1 saturated heterocycles. The summed E-state index contributed by atoms with van der Waals surface area (Å²) in [6.07, 6.45) is 0.898. The molecule has 0 bridgehead atoms. The Hall–Kier alpha value is -1.47. The molecule has 1 aliphatic rings. The Morgan fingerprint density at radius 3 is 2.68 bits per heavy atom. The average molecular weight is 383 g/mol. The first-order valence-corrected chi connectivity index (χ1v) is 8.87. The Labute approximate surface area is 140 Å². The zero-order valence-corrected chi connectivity index (χ0v) is 14.1. The molecule has 1 fully saturated rings. The molecule has 1 aromatic carbocycles. The molecular weight excluding hydrogens is 368 g/mol. The number of fused-ring (bicyclic) bond motifs is 1. The van der Waals surface area contributed by atoms with E-state index >= 15 is 0 Å². The number of thioether (sulfide) groups is 1. The number of aromatic nitrogens is 1. The van der Waals surface area contributed by atoms with Gasteiger partial charge in [0.15, 0.2) is 0 Å². The van der Waals surface area contributed by atoms with E-state index < -0.39 is 11.5 Å². The number of halogens is 1. The fourth-order valence-corrected chi connectivity index (χ4v) is 4.17. The van der Waals surface area contributed by atoms with Gasteiger partial charge in [-0.15, -0.1) is 0 Å². The average Bonchev–Trinajstić information content (AvgIpc) is 2.91. The Bertz CT molecular complexity index is 737. The summed E-state index contributed by atoms with van der Waals surface area (Å²) in [4.78, 5) is 27.1. The van der Waals surface area contributed by atoms with Crippen LogP contribution < -0.4 is 5.32 Å². The van der Waals surface area contributed by atoms with Crippen LogP contribution in [0.25, 0.3) is 10.9 Å². The third-order valence-electron chi connectivity index (χ3n) is 3.94. The summed E-state index contributed by atoms with van der Waals surface area (Å²) in [6, 6.07) is 7.42. The van der Waals surface area contributed by atoms with E-state index in [2.05, 4.69) is 26.2 Å². The maximum atomic E-state index is 12.5. The molecule has 7 heteroatoms. The topological polar surface area (TPSA) is 82.2 Å². The lowest BCUT2D eigenvalue weighted by molar-refractivity contribution is -0.144. The van der Waals surface area contributed by atoms with Crippen molar-refractivity contribution in [1.29, 1.82) is 0 Å². The second-order valence-corrected chi connectivity index (χ2v) is 7.51. The van der Waals surface area contributed by atoms with Crippen molar-refractivity contribution in [3.63, 3.8) is 0 Å². The highest BCUT2D eigenvalue weighted by molar-refractivity contribution is 9.10. The molecule has 2 heterocycles. The highest BCUT2D eigenvalue weighted by Gasteiger charge is 2.41. The molecular formula is C15H15BrN2O3S. The largest absolute Gasteiger partial charge is 0.480 e. The Morgan fingerprint density at radius 2 is 2.00 bits per heavy atom. The predicted octanol–water partition coefficient (Wildman–Crippen LogP) is 3.01. The number of amides is 1. The van der Waals surface area contributed by atoms with Crippen LogP contribution in [-0.2, 0) is 4.79 Å². The SMILES string of the molecule is O=C(NC1(C(=O)O)CCSCC1)c1cc2ccc(Br)cc2[nH]1. The van der Waals surface area contributed by atoms with Gasteiger partial charge in [-0.1, -0.05) is 22.0 Å². The van der Waals surface area contributed by atoms with Gasteiger partial charge < -0.3 is 15.4 Å². The number of benzene rings is 1. The van der Waals surface area contributed by atoms with Crippen molar-refractivity contribution in [2.45, 2.75) is 18.4 Å². The fourth-order valence-electron chi connectivity index (χ4n) is 2.62. The fraction of sp³-hybridized carbons (Fsp3) is 0.333. The first kappa shape index (κ1) is 15.4. The number of carbonyl (C=O) groups is 2. The van der Waals surface area contributed by atoms with E-state index in [0.29, 0.717) is 18.5 Å². The van der Waals surface area contributed by atoms with Gasteiger partial charge in [-0.2, -0.15) is 11.8 Å². The molecule has 3 rings (SSSR count). The standard InChI is InChI=1S/C15H15BrN2O3S/c16-10-2-1-9-7-12(17-11(9)8-10)13(19)18-15(14(20)21)3-5-22-6-4-15/h1-2,7-8,17H,3-6H2,(H,18,19)(H,20,21). The summed E-state index contributed by atoms with van der Waals surface area (Å²) in [5.41, 5.74) is 0.0651. The van der Waals surface area contributed by atoms with Gasteiger partial charge in [-0.3, -0.25) is 4.79 Å².